The van der Waals surface area contributed by atoms with Gasteiger partial charge < -0.3 is 24.8 Å². The number of fused-ring (bicyclic) bond motifs is 3. The zero-order valence-electron chi connectivity index (χ0n) is 25.5. The van der Waals surface area contributed by atoms with E-state index in [1.54, 1.807) is 3.26 Å². The Balaban J connectivity index is 0.000000359. The van der Waals surface area contributed by atoms with E-state index in [0.29, 0.717) is 0 Å². The summed E-state index contributed by atoms with van der Waals surface area (Å²) in [7, 11) is 0. The van der Waals surface area contributed by atoms with Crippen molar-refractivity contribution >= 4 is 24.8 Å². The van der Waals surface area contributed by atoms with Gasteiger partial charge in [0.25, 0.3) is 0 Å². The van der Waals surface area contributed by atoms with Crippen LogP contribution in [-0.2, 0) is 34.7 Å². The predicted molar refractivity (Wildman–Crippen MR) is 171 cm³/mol. The maximum atomic E-state index is 3.73. The average Bonchev–Trinajstić information content (AvgIpc) is 3.60. The monoisotopic (exact) mass is 750 g/mol. The van der Waals surface area contributed by atoms with E-state index in [9.17, 15) is 0 Å². The van der Waals surface area contributed by atoms with E-state index in [1.165, 1.54) is 75.0 Å². The van der Waals surface area contributed by atoms with Gasteiger partial charge in [-0.15, -0.1) is 39.7 Å². The summed E-state index contributed by atoms with van der Waals surface area (Å²) in [4.78, 5) is 0. The molecule has 0 aliphatic rings. The molecule has 0 amide bonds. The predicted octanol–water partition coefficient (Wildman–Crippen LogP) is 4.83. The largest absolute Gasteiger partial charge is 1.00 e. The Morgan fingerprint density at radius 3 is 1.61 bits per heavy atom. The Morgan fingerprint density at radius 1 is 0.732 bits per heavy atom. The molecular weight excluding hydrogens is 706 g/mol. The van der Waals surface area contributed by atoms with Gasteiger partial charge in [0, 0.05) is 0 Å². The minimum Gasteiger partial charge on any atom is -1.00 e. The minimum absolute atomic E-state index is 0. The fourth-order valence-corrected chi connectivity index (χ4v) is 5.72. The molecule has 0 N–H and O–H groups in total. The number of unbranched alkanes of at least 4 members (excludes halogenated alkanes) is 1. The topological polar surface area (TPSA) is 0 Å². The first-order chi connectivity index (χ1) is 18.5. The van der Waals surface area contributed by atoms with E-state index in [2.05, 4.69) is 121 Å². The summed E-state index contributed by atoms with van der Waals surface area (Å²) in [5.74, 6) is 0. The SMILES string of the molecule is C=CCCC[C](=[Hf+2])c1ccccc1.CC(C)(C)c1ccc2c(c1)[cH-]c1cc(C(C)(C)C)ccc12.[Cl-].[Cl-].c1cc[cH-]c1. The summed E-state index contributed by atoms with van der Waals surface area (Å²) >= 11 is 1.18. The second-order valence-electron chi connectivity index (χ2n) is 12.2. The molecular formula is C38H44Cl2Hf-2. The molecule has 0 spiro atoms. The van der Waals surface area contributed by atoms with Crippen LogP contribution in [0.25, 0.3) is 21.5 Å². The number of halogens is 2. The van der Waals surface area contributed by atoms with Crippen molar-refractivity contribution in [3.63, 3.8) is 0 Å². The van der Waals surface area contributed by atoms with Gasteiger partial charge in [0.05, 0.1) is 0 Å². The van der Waals surface area contributed by atoms with Crippen LogP contribution in [0.4, 0.5) is 0 Å². The van der Waals surface area contributed by atoms with E-state index in [4.69, 9.17) is 0 Å². The summed E-state index contributed by atoms with van der Waals surface area (Å²) in [5, 5.41) is 5.48. The Morgan fingerprint density at radius 2 is 1.22 bits per heavy atom. The normalized spacial score (nSPS) is 10.8. The Bertz CT molecular complexity index is 1370. The summed E-state index contributed by atoms with van der Waals surface area (Å²) in [6.45, 7) is 17.4. The second kappa shape index (κ2) is 17.2. The standard InChI is InChI=1S/C21H25.C12H14.C5H5.2ClH.Hf/c1-20(2,3)16-7-9-18-14(12-16)11-15-13-17(21(4,5)6)8-10-19(15)18;1-2-3-4-6-9-12-10-7-5-8-11-12;1-2-4-5-3-1;;;/h7-13H,1-6H3;2,5,7-8,10-11H,1,3-4,6H2;1-5H;2*1H;/q-1;;-1;;;+2/p-2. The van der Waals surface area contributed by atoms with Gasteiger partial charge in [-0.25, -0.2) is 12.1 Å². The maximum Gasteiger partial charge on any atom is -0.0202 e. The number of hydrogen-bond acceptors (Lipinski definition) is 0. The van der Waals surface area contributed by atoms with E-state index in [1.807, 2.05) is 36.4 Å². The third-order valence-electron chi connectivity index (χ3n) is 6.95. The summed E-state index contributed by atoms with van der Waals surface area (Å²) in [6.07, 6.45) is 5.62. The Labute approximate surface area is 275 Å². The molecule has 0 saturated carbocycles. The summed E-state index contributed by atoms with van der Waals surface area (Å²) in [5.41, 5.74) is 4.64. The first-order valence-corrected chi connectivity index (χ1v) is 15.8. The first-order valence-electron chi connectivity index (χ1n) is 14.1. The van der Waals surface area contributed by atoms with Gasteiger partial charge in [0.1, 0.15) is 0 Å². The fourth-order valence-electron chi connectivity index (χ4n) is 4.48. The quantitative estimate of drug-likeness (QED) is 0.105. The zero-order chi connectivity index (χ0) is 28.5. The molecule has 0 unspecified atom stereocenters. The smallest absolute Gasteiger partial charge is 0.0202 e. The van der Waals surface area contributed by atoms with Crippen LogP contribution in [-0.4, -0.2) is 3.26 Å². The van der Waals surface area contributed by atoms with Gasteiger partial charge in [-0.1, -0.05) is 76.9 Å². The summed E-state index contributed by atoms with van der Waals surface area (Å²) in [6, 6.07) is 36.9. The van der Waals surface area contributed by atoms with Crippen molar-refractivity contribution in [1.29, 1.82) is 0 Å². The van der Waals surface area contributed by atoms with Crippen molar-refractivity contribution in [3.8, 4) is 0 Å². The number of rotatable bonds is 5. The molecule has 0 bridgehead atoms. The van der Waals surface area contributed by atoms with Crippen LogP contribution in [0.2, 0.25) is 0 Å². The molecule has 0 fully saturated rings. The van der Waals surface area contributed by atoms with Gasteiger partial charge >= 0.3 is 95.0 Å². The summed E-state index contributed by atoms with van der Waals surface area (Å²) < 4.78 is 1.61. The molecule has 0 radical (unpaired) electrons. The van der Waals surface area contributed by atoms with Crippen LogP contribution < -0.4 is 24.8 Å². The molecule has 0 nitrogen and oxygen atoms in total. The first kappa shape index (κ1) is 37.0. The molecule has 5 aromatic rings. The average molecular weight is 750 g/mol. The van der Waals surface area contributed by atoms with E-state index in [0.717, 1.165) is 6.42 Å². The van der Waals surface area contributed by atoms with Crippen molar-refractivity contribution in [3.05, 3.63) is 132 Å². The third-order valence-corrected chi connectivity index (χ3v) is 8.88. The fraction of sp³-hybridized carbons (Fsp3) is 0.289. The molecule has 216 valence electrons. The molecule has 0 heterocycles. The van der Waals surface area contributed by atoms with Gasteiger partial charge in [-0.2, -0.15) is 18.2 Å². The molecule has 0 saturated heterocycles. The van der Waals surface area contributed by atoms with Crippen LogP contribution in [0.3, 0.4) is 0 Å². The molecule has 0 aliphatic heterocycles. The van der Waals surface area contributed by atoms with Gasteiger partial charge in [-0.3, -0.25) is 0 Å². The number of hydrogen-bond donors (Lipinski definition) is 0. The van der Waals surface area contributed by atoms with Crippen molar-refractivity contribution < 1.29 is 48.7 Å². The second-order valence-corrected chi connectivity index (χ2v) is 14.4. The van der Waals surface area contributed by atoms with Crippen molar-refractivity contribution in [2.75, 3.05) is 0 Å². The van der Waals surface area contributed by atoms with Crippen molar-refractivity contribution in [2.24, 2.45) is 0 Å². The minimum atomic E-state index is 0. The van der Waals surface area contributed by atoms with E-state index in [-0.39, 0.29) is 35.6 Å². The molecule has 0 aromatic heterocycles. The van der Waals surface area contributed by atoms with Crippen molar-refractivity contribution in [1.82, 2.24) is 0 Å². The van der Waals surface area contributed by atoms with E-state index < -0.39 is 0 Å². The number of allylic oxidation sites excluding steroid dienone is 1. The Hall–Kier alpha value is -2.06. The van der Waals surface area contributed by atoms with Crippen LogP contribution in [0.1, 0.15) is 77.5 Å². The van der Waals surface area contributed by atoms with Gasteiger partial charge in [0.15, 0.2) is 0 Å². The molecule has 0 atom stereocenters. The van der Waals surface area contributed by atoms with Crippen molar-refractivity contribution in [2.45, 2.75) is 71.6 Å². The van der Waals surface area contributed by atoms with Crippen LogP contribution in [0.5, 0.6) is 0 Å². The molecule has 5 aromatic carbocycles. The van der Waals surface area contributed by atoms with Crippen LogP contribution in [0.15, 0.2) is 116 Å². The third kappa shape index (κ3) is 11.3. The molecule has 41 heavy (non-hydrogen) atoms. The Kier molecular flexibility index (Phi) is 15.5. The van der Waals surface area contributed by atoms with Crippen LogP contribution >= 0.6 is 0 Å². The zero-order valence-corrected chi connectivity index (χ0v) is 30.6. The molecule has 0 aliphatic carbocycles. The molecule has 5 rings (SSSR count). The molecule has 3 heteroatoms. The van der Waals surface area contributed by atoms with Gasteiger partial charge in [-0.05, 0) is 10.8 Å². The van der Waals surface area contributed by atoms with Crippen LogP contribution in [0, 0.1) is 0 Å². The number of benzene rings is 3. The maximum absolute atomic E-state index is 3.73. The van der Waals surface area contributed by atoms with E-state index >= 15 is 0 Å². The van der Waals surface area contributed by atoms with Gasteiger partial charge in [0.2, 0.25) is 0 Å².